The maximum atomic E-state index is 11.9. The number of ketones is 1. The molecule has 0 aromatic heterocycles. The van der Waals surface area contributed by atoms with E-state index in [1.807, 2.05) is 6.08 Å². The first-order chi connectivity index (χ1) is 11.8. The maximum Gasteiger partial charge on any atom is 0.332 e. The van der Waals surface area contributed by atoms with Gasteiger partial charge in [0.2, 0.25) is 0 Å². The molecular weight excluding hydrogens is 316 g/mol. The van der Waals surface area contributed by atoms with Gasteiger partial charge in [-0.05, 0) is 61.9 Å². The predicted octanol–water partition coefficient (Wildman–Crippen LogP) is 3.50. The maximum absolute atomic E-state index is 11.9. The summed E-state index contributed by atoms with van der Waals surface area (Å²) in [4.78, 5) is 23.2. The number of carboxylic acids is 1. The van der Waals surface area contributed by atoms with Crippen LogP contribution in [0.2, 0.25) is 0 Å². The molecule has 0 amide bonds. The SMILES string of the molecule is C[C@]12CCC(=O)C=C1CC[C@@H]1C2=CC[C@]2(C)[C@@H](C(O)C(=O)O)CC[C@@H]12. The van der Waals surface area contributed by atoms with E-state index in [4.69, 9.17) is 0 Å². The molecule has 0 bridgehead atoms. The lowest BCUT2D eigenvalue weighted by Gasteiger charge is -2.53. The lowest BCUT2D eigenvalue weighted by molar-refractivity contribution is -0.152. The van der Waals surface area contributed by atoms with Crippen molar-refractivity contribution in [3.8, 4) is 0 Å². The third kappa shape index (κ3) is 2.29. The number of aliphatic carboxylic acids is 1. The minimum Gasteiger partial charge on any atom is -0.479 e. The Morgan fingerprint density at radius 2 is 2.00 bits per heavy atom. The quantitative estimate of drug-likeness (QED) is 0.752. The van der Waals surface area contributed by atoms with Crippen molar-refractivity contribution < 1.29 is 19.8 Å². The molecule has 0 heterocycles. The van der Waals surface area contributed by atoms with Crippen molar-refractivity contribution >= 4 is 11.8 Å². The van der Waals surface area contributed by atoms with Crippen molar-refractivity contribution in [1.29, 1.82) is 0 Å². The summed E-state index contributed by atoms with van der Waals surface area (Å²) in [5.41, 5.74) is 2.68. The second kappa shape index (κ2) is 5.54. The highest BCUT2D eigenvalue weighted by Crippen LogP contribution is 2.64. The number of aliphatic hydroxyl groups excluding tert-OH is 1. The summed E-state index contributed by atoms with van der Waals surface area (Å²) in [6.07, 6.45) is 9.18. The summed E-state index contributed by atoms with van der Waals surface area (Å²) < 4.78 is 0. The molecule has 4 aliphatic rings. The highest BCUT2D eigenvalue weighted by molar-refractivity contribution is 5.92. The van der Waals surface area contributed by atoms with E-state index in [1.54, 1.807) is 0 Å². The van der Waals surface area contributed by atoms with Crippen LogP contribution in [0.4, 0.5) is 0 Å². The summed E-state index contributed by atoms with van der Waals surface area (Å²) in [5, 5.41) is 19.5. The Hall–Kier alpha value is -1.42. The molecule has 2 N–H and O–H groups in total. The zero-order valence-corrected chi connectivity index (χ0v) is 15.1. The average molecular weight is 344 g/mol. The van der Waals surface area contributed by atoms with Crippen LogP contribution in [0.3, 0.4) is 0 Å². The number of fused-ring (bicyclic) bond motifs is 5. The van der Waals surface area contributed by atoms with E-state index in [0.29, 0.717) is 18.3 Å². The zero-order chi connectivity index (χ0) is 18.0. The lowest BCUT2D eigenvalue weighted by atomic mass is 9.51. The third-order valence-electron chi connectivity index (χ3n) is 8.04. The molecule has 4 heteroatoms. The largest absolute Gasteiger partial charge is 0.479 e. The lowest BCUT2D eigenvalue weighted by Crippen LogP contribution is -2.47. The highest BCUT2D eigenvalue weighted by atomic mass is 16.4. The number of hydrogen-bond acceptors (Lipinski definition) is 3. The topological polar surface area (TPSA) is 74.6 Å². The molecule has 0 radical (unpaired) electrons. The molecule has 0 spiro atoms. The number of aliphatic hydroxyl groups is 1. The molecule has 0 aliphatic heterocycles. The average Bonchev–Trinajstić information content (AvgIpc) is 2.92. The van der Waals surface area contributed by atoms with Gasteiger partial charge in [0, 0.05) is 17.8 Å². The first kappa shape index (κ1) is 17.0. The van der Waals surface area contributed by atoms with Gasteiger partial charge in [0.15, 0.2) is 11.9 Å². The molecule has 4 nitrogen and oxygen atoms in total. The van der Waals surface area contributed by atoms with Gasteiger partial charge >= 0.3 is 5.97 Å². The molecule has 6 atom stereocenters. The number of carbonyl (C=O) groups is 2. The smallest absolute Gasteiger partial charge is 0.332 e. The van der Waals surface area contributed by atoms with Crippen molar-refractivity contribution in [2.24, 2.45) is 28.6 Å². The minimum atomic E-state index is -1.26. The van der Waals surface area contributed by atoms with Gasteiger partial charge < -0.3 is 10.2 Å². The first-order valence-corrected chi connectivity index (χ1v) is 9.62. The van der Waals surface area contributed by atoms with Gasteiger partial charge in [0.1, 0.15) is 0 Å². The van der Waals surface area contributed by atoms with E-state index >= 15 is 0 Å². The summed E-state index contributed by atoms with van der Waals surface area (Å²) >= 11 is 0. The van der Waals surface area contributed by atoms with Crippen LogP contribution in [-0.4, -0.2) is 28.1 Å². The molecule has 136 valence electrons. The standard InChI is InChI=1S/C21H28O4/c1-20-9-7-13(22)11-12(20)3-4-14-15-5-6-17(18(23)19(24)25)21(15,2)10-8-16(14)20/h8,11,14-15,17-18,23H,3-7,9-10H2,1-2H3,(H,24,25)/t14-,15-,17+,18?,20-,21-/m0/s1. The van der Waals surface area contributed by atoms with Crippen LogP contribution in [0.25, 0.3) is 0 Å². The summed E-state index contributed by atoms with van der Waals surface area (Å²) in [6.45, 7) is 4.48. The van der Waals surface area contributed by atoms with E-state index in [2.05, 4.69) is 19.9 Å². The van der Waals surface area contributed by atoms with Crippen LogP contribution < -0.4 is 0 Å². The van der Waals surface area contributed by atoms with E-state index in [9.17, 15) is 19.8 Å². The van der Waals surface area contributed by atoms with Crippen molar-refractivity contribution in [1.82, 2.24) is 0 Å². The molecule has 1 unspecified atom stereocenters. The monoisotopic (exact) mass is 344 g/mol. The van der Waals surface area contributed by atoms with E-state index < -0.39 is 12.1 Å². The van der Waals surface area contributed by atoms with Gasteiger partial charge in [-0.1, -0.05) is 31.1 Å². The number of rotatable bonds is 2. The molecule has 2 saturated carbocycles. The number of allylic oxidation sites excluding steroid dienone is 4. The van der Waals surface area contributed by atoms with Crippen LogP contribution in [0, 0.1) is 28.6 Å². The Labute approximate surface area is 149 Å². The fourth-order valence-electron chi connectivity index (χ4n) is 6.59. The predicted molar refractivity (Wildman–Crippen MR) is 93.8 cm³/mol. The fraction of sp³-hybridized carbons (Fsp3) is 0.714. The Morgan fingerprint density at radius 3 is 2.72 bits per heavy atom. The van der Waals surface area contributed by atoms with Crippen LogP contribution >= 0.6 is 0 Å². The van der Waals surface area contributed by atoms with Crippen molar-refractivity contribution in [3.05, 3.63) is 23.3 Å². The van der Waals surface area contributed by atoms with Gasteiger partial charge in [-0.2, -0.15) is 0 Å². The highest BCUT2D eigenvalue weighted by Gasteiger charge is 2.57. The number of carbonyl (C=O) groups excluding carboxylic acids is 1. The molecule has 25 heavy (non-hydrogen) atoms. The molecule has 2 fully saturated rings. The molecule has 4 rings (SSSR count). The van der Waals surface area contributed by atoms with E-state index in [-0.39, 0.29) is 22.5 Å². The summed E-state index contributed by atoms with van der Waals surface area (Å²) in [5.74, 6) is -0.0703. The summed E-state index contributed by atoms with van der Waals surface area (Å²) in [7, 11) is 0. The van der Waals surface area contributed by atoms with E-state index in [0.717, 1.165) is 38.5 Å². The molecule has 0 aromatic carbocycles. The normalized spacial score (nSPS) is 44.1. The fourth-order valence-corrected chi connectivity index (χ4v) is 6.59. The Kier molecular flexibility index (Phi) is 3.77. The van der Waals surface area contributed by atoms with Gasteiger partial charge in [-0.25, -0.2) is 4.79 Å². The second-order valence-electron chi connectivity index (χ2n) is 9.06. The molecule has 0 aromatic rings. The molecular formula is C21H28O4. The second-order valence-corrected chi connectivity index (χ2v) is 9.06. The zero-order valence-electron chi connectivity index (χ0n) is 15.1. The van der Waals surface area contributed by atoms with Crippen LogP contribution in [0.1, 0.15) is 58.8 Å². The number of carboxylic acid groups (broad SMARTS) is 1. The minimum absolute atomic E-state index is 0.0155. The van der Waals surface area contributed by atoms with Gasteiger partial charge in [0.25, 0.3) is 0 Å². The number of hydrogen-bond donors (Lipinski definition) is 2. The molecule has 4 aliphatic carbocycles. The van der Waals surface area contributed by atoms with Crippen molar-refractivity contribution in [2.75, 3.05) is 0 Å². The summed E-state index contributed by atoms with van der Waals surface area (Å²) in [6, 6.07) is 0. The van der Waals surface area contributed by atoms with Gasteiger partial charge in [-0.15, -0.1) is 0 Å². The van der Waals surface area contributed by atoms with E-state index in [1.165, 1.54) is 11.1 Å². The van der Waals surface area contributed by atoms with Crippen molar-refractivity contribution in [2.45, 2.75) is 64.9 Å². The van der Waals surface area contributed by atoms with Crippen LogP contribution in [-0.2, 0) is 9.59 Å². The van der Waals surface area contributed by atoms with Gasteiger partial charge in [-0.3, -0.25) is 4.79 Å². The third-order valence-corrected chi connectivity index (χ3v) is 8.04. The Balaban J connectivity index is 1.70. The van der Waals surface area contributed by atoms with Gasteiger partial charge in [0.05, 0.1) is 0 Å². The first-order valence-electron chi connectivity index (χ1n) is 9.62. The van der Waals surface area contributed by atoms with Crippen LogP contribution in [0.5, 0.6) is 0 Å². The van der Waals surface area contributed by atoms with Crippen LogP contribution in [0.15, 0.2) is 23.3 Å². The molecule has 0 saturated heterocycles. The Morgan fingerprint density at radius 1 is 1.24 bits per heavy atom. The van der Waals surface area contributed by atoms with Crippen molar-refractivity contribution in [3.63, 3.8) is 0 Å². The Bertz CT molecular complexity index is 690.